The highest BCUT2D eigenvalue weighted by Crippen LogP contribution is 2.52. The number of rotatable bonds is 1. The van der Waals surface area contributed by atoms with Crippen molar-refractivity contribution in [3.05, 3.63) is 40.2 Å². The van der Waals surface area contributed by atoms with E-state index in [4.69, 9.17) is 11.6 Å². The highest BCUT2D eigenvalue weighted by Gasteiger charge is 2.50. The van der Waals surface area contributed by atoms with Crippen LogP contribution in [0.3, 0.4) is 0 Å². The van der Waals surface area contributed by atoms with Crippen molar-refractivity contribution in [3.63, 3.8) is 0 Å². The van der Waals surface area contributed by atoms with Gasteiger partial charge in [-0.05, 0) is 17.7 Å². The number of sulfonamides is 1. The monoisotopic (exact) mass is 347 g/mol. The Balaban J connectivity index is 2.16. The van der Waals surface area contributed by atoms with Crippen LogP contribution in [0, 0.1) is 0 Å². The molecule has 112 valence electrons. The molecular weight excluding hydrogens is 338 g/mol. The zero-order chi connectivity index (χ0) is 15.4. The quantitative estimate of drug-likeness (QED) is 0.752. The Morgan fingerprint density at radius 3 is 2.86 bits per heavy atom. The number of esters is 1. The average molecular weight is 348 g/mol. The van der Waals surface area contributed by atoms with Gasteiger partial charge in [-0.15, -0.1) is 11.8 Å². The summed E-state index contributed by atoms with van der Waals surface area (Å²) >= 11 is 7.06. The molecule has 0 spiro atoms. The van der Waals surface area contributed by atoms with Crippen molar-refractivity contribution in [1.82, 2.24) is 4.72 Å². The maximum absolute atomic E-state index is 12.4. The number of carbonyl (C=O) groups is 1. The van der Waals surface area contributed by atoms with Gasteiger partial charge in [-0.2, -0.15) is 0 Å². The van der Waals surface area contributed by atoms with Gasteiger partial charge in [0.05, 0.1) is 12.4 Å². The molecule has 2 aliphatic rings. The number of aliphatic hydroxyl groups excluding tert-OH is 1. The normalized spacial score (nSPS) is 25.8. The van der Waals surface area contributed by atoms with Gasteiger partial charge >= 0.3 is 5.97 Å². The van der Waals surface area contributed by atoms with Gasteiger partial charge in [0, 0.05) is 9.92 Å². The number of methoxy groups -OCH3 is 1. The summed E-state index contributed by atoms with van der Waals surface area (Å²) in [6.07, 6.45) is 0. The van der Waals surface area contributed by atoms with Gasteiger partial charge in [-0.3, -0.25) is 4.72 Å². The number of ether oxygens (including phenoxy) is 1. The first-order chi connectivity index (χ1) is 9.85. The van der Waals surface area contributed by atoms with Gasteiger partial charge in [0.15, 0.2) is 5.70 Å². The largest absolute Gasteiger partial charge is 0.509 e. The molecule has 1 aromatic rings. The number of fused-ring (bicyclic) bond motifs is 3. The van der Waals surface area contributed by atoms with Crippen molar-refractivity contribution in [2.75, 3.05) is 7.11 Å². The lowest BCUT2D eigenvalue weighted by Gasteiger charge is -2.27. The van der Waals surface area contributed by atoms with Crippen molar-refractivity contribution in [1.29, 1.82) is 0 Å². The second-order valence-electron chi connectivity index (χ2n) is 4.54. The van der Waals surface area contributed by atoms with Crippen LogP contribution in [0.25, 0.3) is 0 Å². The molecule has 0 aliphatic carbocycles. The topological polar surface area (TPSA) is 92.7 Å². The predicted octanol–water partition coefficient (Wildman–Crippen LogP) is 1.73. The lowest BCUT2D eigenvalue weighted by Crippen LogP contribution is -2.42. The summed E-state index contributed by atoms with van der Waals surface area (Å²) in [6.45, 7) is 0. The number of hydrogen-bond donors (Lipinski definition) is 2. The standard InChI is InChI=1S/C12H10ClNO5S2/c1-19-12(16)8-9(15)10-11(21(17,18)14-8)6-3-2-5(13)4-7(6)20-10/h2-4,10-11,14-15H,1H3. The average Bonchev–Trinajstić information content (AvgIpc) is 2.81. The van der Waals surface area contributed by atoms with E-state index in [1.165, 1.54) is 0 Å². The van der Waals surface area contributed by atoms with Crippen molar-refractivity contribution in [2.45, 2.75) is 15.4 Å². The fourth-order valence-electron chi connectivity index (χ4n) is 2.38. The summed E-state index contributed by atoms with van der Waals surface area (Å²) in [7, 11) is -2.75. The maximum Gasteiger partial charge on any atom is 0.358 e. The third kappa shape index (κ3) is 2.18. The van der Waals surface area contributed by atoms with E-state index in [0.717, 1.165) is 18.9 Å². The smallest absolute Gasteiger partial charge is 0.358 e. The highest BCUT2D eigenvalue weighted by molar-refractivity contribution is 8.02. The molecule has 0 aromatic heterocycles. The zero-order valence-corrected chi connectivity index (χ0v) is 13.1. The number of hydrogen-bond acceptors (Lipinski definition) is 6. The Kier molecular flexibility index (Phi) is 3.34. The summed E-state index contributed by atoms with van der Waals surface area (Å²) in [5, 5.41) is 8.92. The number of benzene rings is 1. The summed E-state index contributed by atoms with van der Waals surface area (Å²) < 4.78 is 31.3. The van der Waals surface area contributed by atoms with Gasteiger partial charge in [-0.1, -0.05) is 17.7 Å². The third-order valence-electron chi connectivity index (χ3n) is 3.30. The molecule has 0 saturated carbocycles. The Bertz CT molecular complexity index is 774. The third-order valence-corrected chi connectivity index (χ3v) is 6.75. The van der Waals surface area contributed by atoms with E-state index < -0.39 is 32.2 Å². The van der Waals surface area contributed by atoms with Crippen LogP contribution in [0.15, 0.2) is 34.6 Å². The van der Waals surface area contributed by atoms with Crippen molar-refractivity contribution in [2.24, 2.45) is 0 Å². The SMILES string of the molecule is COC(=O)C1=C(O)C2Sc3cc(Cl)ccc3C2S(=O)(=O)N1. The first kappa shape index (κ1) is 14.6. The molecule has 2 unspecified atom stereocenters. The Morgan fingerprint density at radius 2 is 2.19 bits per heavy atom. The lowest BCUT2D eigenvalue weighted by molar-refractivity contribution is -0.136. The summed E-state index contributed by atoms with van der Waals surface area (Å²) in [5.74, 6) is -1.26. The van der Waals surface area contributed by atoms with Gasteiger partial charge < -0.3 is 9.84 Å². The molecule has 0 radical (unpaired) electrons. The molecule has 21 heavy (non-hydrogen) atoms. The molecule has 0 saturated heterocycles. The molecule has 0 amide bonds. The molecule has 0 bridgehead atoms. The molecule has 9 heteroatoms. The van der Waals surface area contributed by atoms with Crippen LogP contribution >= 0.6 is 23.4 Å². The summed E-state index contributed by atoms with van der Waals surface area (Å²) in [6, 6.07) is 4.85. The Hall–Kier alpha value is -1.38. The van der Waals surface area contributed by atoms with Crippen molar-refractivity contribution < 1.29 is 23.1 Å². The molecule has 2 aliphatic heterocycles. The molecule has 2 heterocycles. The number of aliphatic hydroxyl groups is 1. The van der Waals surface area contributed by atoms with Crippen molar-refractivity contribution in [3.8, 4) is 0 Å². The summed E-state index contributed by atoms with van der Waals surface area (Å²) in [4.78, 5) is 12.3. The minimum atomic E-state index is -3.86. The van der Waals surface area contributed by atoms with E-state index in [9.17, 15) is 18.3 Å². The molecule has 2 N–H and O–H groups in total. The first-order valence-corrected chi connectivity index (χ1v) is 8.64. The van der Waals surface area contributed by atoms with Crippen LogP contribution in [0.4, 0.5) is 0 Å². The van der Waals surface area contributed by atoms with Crippen LogP contribution in [-0.2, 0) is 19.6 Å². The van der Waals surface area contributed by atoms with E-state index >= 15 is 0 Å². The van der Waals surface area contributed by atoms with Crippen LogP contribution in [-0.4, -0.2) is 31.9 Å². The molecule has 3 rings (SSSR count). The fraction of sp³-hybridized carbons (Fsp3) is 0.250. The van der Waals surface area contributed by atoms with Gasteiger partial charge in [-0.25, -0.2) is 13.2 Å². The van der Waals surface area contributed by atoms with Gasteiger partial charge in [0.25, 0.3) is 0 Å². The number of carbonyl (C=O) groups excluding carboxylic acids is 1. The van der Waals surface area contributed by atoms with E-state index in [1.54, 1.807) is 18.2 Å². The fourth-order valence-corrected chi connectivity index (χ4v) is 6.19. The van der Waals surface area contributed by atoms with E-state index in [-0.39, 0.29) is 5.76 Å². The second-order valence-corrected chi connectivity index (χ2v) is 7.96. The minimum absolute atomic E-state index is 0.334. The minimum Gasteiger partial charge on any atom is -0.509 e. The predicted molar refractivity (Wildman–Crippen MR) is 77.6 cm³/mol. The number of nitrogens with one attached hydrogen (secondary N) is 1. The highest BCUT2D eigenvalue weighted by atomic mass is 35.5. The first-order valence-electron chi connectivity index (χ1n) is 5.84. The van der Waals surface area contributed by atoms with Crippen LogP contribution in [0.5, 0.6) is 0 Å². The molecular formula is C12H10ClNO5S2. The molecule has 1 aromatic carbocycles. The molecule has 2 atom stereocenters. The van der Waals surface area contributed by atoms with Crippen LogP contribution in [0.1, 0.15) is 10.8 Å². The zero-order valence-electron chi connectivity index (χ0n) is 10.7. The van der Waals surface area contributed by atoms with E-state index in [1.807, 2.05) is 0 Å². The molecule has 6 nitrogen and oxygen atoms in total. The number of thioether (sulfide) groups is 1. The molecule has 0 fully saturated rings. The van der Waals surface area contributed by atoms with Gasteiger partial charge in [0.2, 0.25) is 10.0 Å². The maximum atomic E-state index is 12.4. The Morgan fingerprint density at radius 1 is 1.48 bits per heavy atom. The van der Waals surface area contributed by atoms with E-state index in [2.05, 4.69) is 9.46 Å². The Labute approximate surface area is 130 Å². The van der Waals surface area contributed by atoms with E-state index in [0.29, 0.717) is 15.5 Å². The summed E-state index contributed by atoms with van der Waals surface area (Å²) in [5.41, 5.74) is 0.113. The number of halogens is 1. The van der Waals surface area contributed by atoms with Crippen LogP contribution in [0.2, 0.25) is 5.02 Å². The van der Waals surface area contributed by atoms with Crippen molar-refractivity contribution >= 4 is 39.4 Å². The van der Waals surface area contributed by atoms with Crippen LogP contribution < -0.4 is 4.72 Å². The lowest BCUT2D eigenvalue weighted by atomic mass is 10.1. The second kappa shape index (κ2) is 4.82. The van der Waals surface area contributed by atoms with Gasteiger partial charge in [0.1, 0.15) is 11.0 Å².